The Morgan fingerprint density at radius 2 is 1.16 bits per heavy atom. The van der Waals surface area contributed by atoms with E-state index in [4.69, 9.17) is 0 Å². The van der Waals surface area contributed by atoms with E-state index in [1.54, 1.807) is 0 Å². The summed E-state index contributed by atoms with van der Waals surface area (Å²) in [5.74, 6) is -1.83. The van der Waals surface area contributed by atoms with E-state index in [-0.39, 0.29) is 5.92 Å². The zero-order chi connectivity index (χ0) is 23.4. The molecular weight excluding hydrogens is 426 g/mol. The Balaban J connectivity index is 1.44. The summed E-state index contributed by atoms with van der Waals surface area (Å²) in [7, 11) is 0. The van der Waals surface area contributed by atoms with Gasteiger partial charge >= 0.3 is 12.1 Å². The highest BCUT2D eigenvalue weighted by molar-refractivity contribution is 5.29. The second-order valence-electron chi connectivity index (χ2n) is 10.1. The molecule has 0 aromatic heterocycles. The fourth-order valence-electron chi connectivity index (χ4n) is 5.80. The molecule has 182 valence electrons. The molecule has 2 saturated carbocycles. The monoisotopic (exact) mass is 462 g/mol. The zero-order valence-electron chi connectivity index (χ0n) is 18.9. The third kappa shape index (κ3) is 6.44. The molecule has 0 heterocycles. The highest BCUT2D eigenvalue weighted by atomic mass is 19.4. The first-order valence-corrected chi connectivity index (χ1v) is 12.3. The van der Waals surface area contributed by atoms with Crippen LogP contribution in [0.25, 0.3) is 0 Å². The summed E-state index contributed by atoms with van der Waals surface area (Å²) in [4.78, 5) is 0. The summed E-state index contributed by atoms with van der Waals surface area (Å²) in [5, 5.41) is 0. The number of hydrogen-bond acceptors (Lipinski definition) is 0. The van der Waals surface area contributed by atoms with Gasteiger partial charge in [-0.15, -0.1) is 0 Å². The summed E-state index contributed by atoms with van der Waals surface area (Å²) in [6.07, 6.45) is 5.08. The Morgan fingerprint density at radius 3 is 1.59 bits per heavy atom. The molecule has 0 spiro atoms. The van der Waals surface area contributed by atoms with Gasteiger partial charge in [-0.2, -0.15) is 22.0 Å². The lowest BCUT2D eigenvalue weighted by molar-refractivity contribution is -0.248. The van der Waals surface area contributed by atoms with Gasteiger partial charge < -0.3 is 0 Å². The van der Waals surface area contributed by atoms with Gasteiger partial charge in [0.2, 0.25) is 0 Å². The van der Waals surface area contributed by atoms with E-state index in [1.165, 1.54) is 63.5 Å². The first-order chi connectivity index (χ1) is 15.1. The van der Waals surface area contributed by atoms with Gasteiger partial charge in [-0.25, -0.2) is 4.39 Å². The van der Waals surface area contributed by atoms with E-state index in [1.807, 2.05) is 0 Å². The van der Waals surface area contributed by atoms with E-state index in [0.29, 0.717) is 5.92 Å². The van der Waals surface area contributed by atoms with Gasteiger partial charge in [-0.05, 0) is 54.9 Å². The maximum absolute atomic E-state index is 13.9. The standard InChI is InChI=1S/C26H36F6/c1-2-3-18-4-6-19(7-5-18)8-9-20-10-12-21(13-11-20)22-14-16-23(17-15-22)25(28,29)24(27)26(30,31)32/h14-21,24H,2-13H2,1H3. The van der Waals surface area contributed by atoms with Crippen molar-refractivity contribution in [2.75, 3.05) is 0 Å². The van der Waals surface area contributed by atoms with Gasteiger partial charge in [0.15, 0.2) is 0 Å². The van der Waals surface area contributed by atoms with Crippen LogP contribution in [0.2, 0.25) is 0 Å². The lowest BCUT2D eigenvalue weighted by Gasteiger charge is -2.32. The fourth-order valence-corrected chi connectivity index (χ4v) is 5.80. The lowest BCUT2D eigenvalue weighted by atomic mass is 9.74. The van der Waals surface area contributed by atoms with Crippen LogP contribution in [0.4, 0.5) is 26.3 Å². The van der Waals surface area contributed by atoms with Gasteiger partial charge in [0.25, 0.3) is 6.17 Å². The molecule has 2 fully saturated rings. The van der Waals surface area contributed by atoms with Crippen LogP contribution in [0, 0.1) is 17.8 Å². The Kier molecular flexibility index (Phi) is 8.59. The molecule has 3 rings (SSSR count). The Hall–Kier alpha value is -1.20. The minimum Gasteiger partial charge on any atom is -0.230 e. The summed E-state index contributed by atoms with van der Waals surface area (Å²) in [6, 6.07) is 4.81. The van der Waals surface area contributed by atoms with Gasteiger partial charge in [0.1, 0.15) is 0 Å². The van der Waals surface area contributed by atoms with Crippen molar-refractivity contribution in [1.82, 2.24) is 0 Å². The van der Waals surface area contributed by atoms with E-state index in [2.05, 4.69) is 6.92 Å². The number of rotatable bonds is 8. The molecule has 1 unspecified atom stereocenters. The van der Waals surface area contributed by atoms with Crippen LogP contribution in [-0.4, -0.2) is 12.3 Å². The molecule has 0 bridgehead atoms. The molecule has 1 atom stereocenters. The lowest BCUT2D eigenvalue weighted by Crippen LogP contribution is -2.39. The third-order valence-corrected chi connectivity index (χ3v) is 7.87. The smallest absolute Gasteiger partial charge is 0.230 e. The van der Waals surface area contributed by atoms with E-state index in [0.717, 1.165) is 55.2 Å². The minimum atomic E-state index is -5.59. The average molecular weight is 463 g/mol. The molecule has 1 aromatic carbocycles. The second-order valence-corrected chi connectivity index (χ2v) is 10.1. The van der Waals surface area contributed by atoms with E-state index < -0.39 is 23.8 Å². The molecule has 0 nitrogen and oxygen atoms in total. The number of benzene rings is 1. The molecule has 32 heavy (non-hydrogen) atoms. The highest BCUT2D eigenvalue weighted by Crippen LogP contribution is 2.44. The third-order valence-electron chi connectivity index (χ3n) is 7.87. The average Bonchev–Trinajstić information content (AvgIpc) is 2.78. The van der Waals surface area contributed by atoms with Crippen molar-refractivity contribution < 1.29 is 26.3 Å². The molecule has 1 aromatic rings. The molecule has 0 amide bonds. The number of hydrogen-bond donors (Lipinski definition) is 0. The van der Waals surface area contributed by atoms with Crippen molar-refractivity contribution in [3.8, 4) is 0 Å². The van der Waals surface area contributed by atoms with Crippen molar-refractivity contribution >= 4 is 0 Å². The summed E-state index contributed by atoms with van der Waals surface area (Å²) >= 11 is 0. The van der Waals surface area contributed by atoms with Gasteiger partial charge in [-0.1, -0.05) is 82.6 Å². The van der Waals surface area contributed by atoms with Gasteiger partial charge in [-0.3, -0.25) is 0 Å². The van der Waals surface area contributed by atoms with Crippen LogP contribution in [0.5, 0.6) is 0 Å². The normalized spacial score (nSPS) is 28.5. The molecule has 0 saturated heterocycles. The SMILES string of the molecule is CCCC1CCC(CCC2CCC(c3ccc(C(F)(F)C(F)C(F)(F)F)cc3)CC2)CC1. The molecule has 0 N–H and O–H groups in total. The van der Waals surface area contributed by atoms with Gasteiger partial charge in [0.05, 0.1) is 0 Å². The van der Waals surface area contributed by atoms with Crippen LogP contribution < -0.4 is 0 Å². The predicted molar refractivity (Wildman–Crippen MR) is 116 cm³/mol. The summed E-state index contributed by atoms with van der Waals surface area (Å²) < 4.78 is 78.2. The van der Waals surface area contributed by atoms with Crippen molar-refractivity contribution in [2.24, 2.45) is 17.8 Å². The van der Waals surface area contributed by atoms with Crippen LogP contribution in [0.3, 0.4) is 0 Å². The molecule has 0 aliphatic heterocycles. The largest absolute Gasteiger partial charge is 0.426 e. The minimum absolute atomic E-state index is 0.238. The quantitative estimate of drug-likeness (QED) is 0.338. The molecule has 6 heteroatoms. The molecular formula is C26H36F6. The molecule has 2 aliphatic carbocycles. The van der Waals surface area contributed by atoms with Crippen molar-refractivity contribution in [3.05, 3.63) is 35.4 Å². The number of halogens is 6. The van der Waals surface area contributed by atoms with E-state index >= 15 is 0 Å². The Bertz CT molecular complexity index is 679. The zero-order valence-corrected chi connectivity index (χ0v) is 18.9. The maximum Gasteiger partial charge on any atom is 0.426 e. The fraction of sp³-hybridized carbons (Fsp3) is 0.769. The van der Waals surface area contributed by atoms with Crippen molar-refractivity contribution in [3.63, 3.8) is 0 Å². The molecule has 0 radical (unpaired) electrons. The van der Waals surface area contributed by atoms with Crippen LogP contribution in [-0.2, 0) is 5.92 Å². The molecule has 2 aliphatic rings. The predicted octanol–water partition coefficient (Wildman–Crippen LogP) is 9.34. The number of alkyl halides is 6. The highest BCUT2D eigenvalue weighted by Gasteiger charge is 2.57. The Morgan fingerprint density at radius 1 is 0.719 bits per heavy atom. The van der Waals surface area contributed by atoms with Crippen LogP contribution in [0.1, 0.15) is 101 Å². The topological polar surface area (TPSA) is 0 Å². The van der Waals surface area contributed by atoms with E-state index in [9.17, 15) is 26.3 Å². The first-order valence-electron chi connectivity index (χ1n) is 12.3. The van der Waals surface area contributed by atoms with Crippen LogP contribution in [0.15, 0.2) is 24.3 Å². The summed E-state index contributed by atoms with van der Waals surface area (Å²) in [5.41, 5.74) is -0.0620. The Labute approximate surface area is 188 Å². The van der Waals surface area contributed by atoms with Crippen molar-refractivity contribution in [1.29, 1.82) is 0 Å². The van der Waals surface area contributed by atoms with Crippen molar-refractivity contribution in [2.45, 2.75) is 108 Å². The van der Waals surface area contributed by atoms with Gasteiger partial charge in [0, 0.05) is 5.56 Å². The first kappa shape index (κ1) is 25.4. The maximum atomic E-state index is 13.9. The van der Waals surface area contributed by atoms with Crippen LogP contribution >= 0.6 is 0 Å². The summed E-state index contributed by atoms with van der Waals surface area (Å²) in [6.45, 7) is 2.26. The second kappa shape index (κ2) is 10.8.